The summed E-state index contributed by atoms with van der Waals surface area (Å²) in [6.45, 7) is 5.45. The summed E-state index contributed by atoms with van der Waals surface area (Å²) in [6, 6.07) is 6.03. The molecule has 0 unspecified atom stereocenters. The van der Waals surface area contributed by atoms with Gasteiger partial charge in [0, 0.05) is 12.1 Å². The highest BCUT2D eigenvalue weighted by molar-refractivity contribution is 7.98. The van der Waals surface area contributed by atoms with E-state index in [0.717, 1.165) is 5.75 Å². The summed E-state index contributed by atoms with van der Waals surface area (Å²) in [5, 5.41) is 2.72. The molecule has 6 nitrogen and oxygen atoms in total. The van der Waals surface area contributed by atoms with Gasteiger partial charge >= 0.3 is 0 Å². The highest BCUT2D eigenvalue weighted by Gasteiger charge is 2.24. The third-order valence-corrected chi connectivity index (χ3v) is 5.63. The fourth-order valence-corrected chi connectivity index (χ4v) is 4.21. The number of sulfonamides is 1. The fourth-order valence-electron chi connectivity index (χ4n) is 2.06. The van der Waals surface area contributed by atoms with Crippen LogP contribution in [0.15, 0.2) is 29.2 Å². The molecule has 0 saturated heterocycles. The van der Waals surface area contributed by atoms with E-state index < -0.39 is 21.6 Å². The van der Waals surface area contributed by atoms with Gasteiger partial charge in [0.2, 0.25) is 15.9 Å². The summed E-state index contributed by atoms with van der Waals surface area (Å²) in [4.78, 5) is 12.2. The quantitative estimate of drug-likeness (QED) is 0.608. The van der Waals surface area contributed by atoms with Crippen molar-refractivity contribution < 1.29 is 13.2 Å². The first kappa shape index (κ1) is 24.2. The number of hydrogen-bond donors (Lipinski definition) is 3. The number of nitrogens with two attached hydrogens (primary N) is 1. The number of nitrogens with one attached hydrogen (secondary N) is 2. The molecule has 0 aliphatic carbocycles. The molecule has 0 aliphatic heterocycles. The van der Waals surface area contributed by atoms with Gasteiger partial charge in [-0.2, -0.15) is 11.8 Å². The van der Waals surface area contributed by atoms with Crippen molar-refractivity contribution in [3.63, 3.8) is 0 Å². The molecule has 144 valence electrons. The molecule has 9 heteroatoms. The van der Waals surface area contributed by atoms with Crippen molar-refractivity contribution >= 4 is 40.1 Å². The SMILES string of the molecule is CSCC[C@H](N)C(=O)NCc1ccccc1S(=O)(=O)NC(C)(C)C.Cl. The van der Waals surface area contributed by atoms with Crippen molar-refractivity contribution in [2.24, 2.45) is 5.73 Å². The number of thioether (sulfide) groups is 1. The molecule has 0 saturated carbocycles. The molecule has 0 radical (unpaired) electrons. The van der Waals surface area contributed by atoms with E-state index in [9.17, 15) is 13.2 Å². The second-order valence-corrected chi connectivity index (χ2v) is 9.21. The van der Waals surface area contributed by atoms with Gasteiger partial charge in [0.25, 0.3) is 0 Å². The first-order valence-electron chi connectivity index (χ1n) is 7.71. The zero-order chi connectivity index (χ0) is 18.4. The number of carbonyl (C=O) groups is 1. The molecule has 0 heterocycles. The van der Waals surface area contributed by atoms with Crippen LogP contribution in [0.25, 0.3) is 0 Å². The molecule has 1 amide bonds. The maximum atomic E-state index is 12.5. The third kappa shape index (κ3) is 8.42. The average Bonchev–Trinajstić information content (AvgIpc) is 2.48. The Balaban J connectivity index is 0.00000576. The molecule has 0 aliphatic rings. The Morgan fingerprint density at radius 3 is 2.44 bits per heavy atom. The Morgan fingerprint density at radius 2 is 1.88 bits per heavy atom. The Kier molecular flexibility index (Phi) is 10.0. The van der Waals surface area contributed by atoms with Crippen LogP contribution < -0.4 is 15.8 Å². The largest absolute Gasteiger partial charge is 0.351 e. The van der Waals surface area contributed by atoms with E-state index in [-0.39, 0.29) is 29.8 Å². The van der Waals surface area contributed by atoms with Crippen LogP contribution in [0.3, 0.4) is 0 Å². The van der Waals surface area contributed by atoms with Gasteiger partial charge in [-0.3, -0.25) is 4.79 Å². The Labute approximate surface area is 161 Å². The lowest BCUT2D eigenvalue weighted by Crippen LogP contribution is -2.42. The van der Waals surface area contributed by atoms with Crippen molar-refractivity contribution in [3.05, 3.63) is 29.8 Å². The molecule has 4 N–H and O–H groups in total. The number of carbonyl (C=O) groups excluding carboxylic acids is 1. The van der Waals surface area contributed by atoms with E-state index >= 15 is 0 Å². The van der Waals surface area contributed by atoms with Crippen molar-refractivity contribution in [3.8, 4) is 0 Å². The van der Waals surface area contributed by atoms with Crippen molar-refractivity contribution in [1.82, 2.24) is 10.0 Å². The van der Waals surface area contributed by atoms with Crippen molar-refractivity contribution in [2.45, 2.75) is 50.2 Å². The summed E-state index contributed by atoms with van der Waals surface area (Å²) < 4.78 is 27.7. The van der Waals surface area contributed by atoms with E-state index in [2.05, 4.69) is 10.0 Å². The van der Waals surface area contributed by atoms with Gasteiger partial charge in [0.05, 0.1) is 10.9 Å². The van der Waals surface area contributed by atoms with Gasteiger partial charge in [0.15, 0.2) is 0 Å². The molecule has 0 bridgehead atoms. The van der Waals surface area contributed by atoms with E-state index in [1.54, 1.807) is 50.7 Å². The Hall–Kier alpha value is -0.800. The second-order valence-electron chi connectivity index (χ2n) is 6.57. The zero-order valence-electron chi connectivity index (χ0n) is 15.0. The average molecular weight is 410 g/mol. The van der Waals surface area contributed by atoms with E-state index in [4.69, 9.17) is 5.73 Å². The predicted octanol–water partition coefficient (Wildman–Crippen LogP) is 1.88. The number of halogens is 1. The first-order chi connectivity index (χ1) is 11.1. The maximum absolute atomic E-state index is 12.5. The van der Waals surface area contributed by atoms with Gasteiger partial charge in [-0.25, -0.2) is 13.1 Å². The number of rotatable bonds is 8. The standard InChI is InChI=1S/C16H27N3O3S2.ClH/c1-16(2,3)19-24(21,22)14-8-6-5-7-12(14)11-18-15(20)13(17)9-10-23-4;/h5-8,13,19H,9-11,17H2,1-4H3,(H,18,20);1H/t13-;/m0./s1. The van der Waals surface area contributed by atoms with Crippen LogP contribution in [0.4, 0.5) is 0 Å². The molecule has 25 heavy (non-hydrogen) atoms. The van der Waals surface area contributed by atoms with E-state index in [1.807, 2.05) is 6.26 Å². The summed E-state index contributed by atoms with van der Waals surface area (Å²) in [6.07, 6.45) is 2.53. The number of hydrogen-bond acceptors (Lipinski definition) is 5. The molecule has 0 fully saturated rings. The fraction of sp³-hybridized carbons (Fsp3) is 0.562. The summed E-state index contributed by atoms with van der Waals surface area (Å²) >= 11 is 1.63. The lowest BCUT2D eigenvalue weighted by molar-refractivity contribution is -0.122. The van der Waals surface area contributed by atoms with E-state index in [0.29, 0.717) is 12.0 Å². The van der Waals surface area contributed by atoms with Gasteiger partial charge in [-0.15, -0.1) is 12.4 Å². The summed E-state index contributed by atoms with van der Waals surface area (Å²) in [5.41, 5.74) is 5.76. The minimum Gasteiger partial charge on any atom is -0.351 e. The lowest BCUT2D eigenvalue weighted by atomic mass is 10.1. The topological polar surface area (TPSA) is 101 Å². The van der Waals surface area contributed by atoms with Crippen LogP contribution in [0.5, 0.6) is 0 Å². The molecular formula is C16H28ClN3O3S2. The maximum Gasteiger partial charge on any atom is 0.241 e. The van der Waals surface area contributed by atoms with Gasteiger partial charge < -0.3 is 11.1 Å². The molecule has 1 aromatic carbocycles. The first-order valence-corrected chi connectivity index (χ1v) is 10.6. The van der Waals surface area contributed by atoms with Gasteiger partial charge in [0.1, 0.15) is 0 Å². The minimum atomic E-state index is -3.67. The van der Waals surface area contributed by atoms with Crippen LogP contribution >= 0.6 is 24.2 Å². The van der Waals surface area contributed by atoms with Crippen LogP contribution in [-0.4, -0.2) is 37.9 Å². The molecule has 0 aromatic heterocycles. The molecule has 1 aromatic rings. The van der Waals surface area contributed by atoms with Crippen LogP contribution in [0, 0.1) is 0 Å². The van der Waals surface area contributed by atoms with Crippen molar-refractivity contribution in [1.29, 1.82) is 0 Å². The lowest BCUT2D eigenvalue weighted by Gasteiger charge is -2.21. The molecule has 1 atom stereocenters. The highest BCUT2D eigenvalue weighted by Crippen LogP contribution is 2.17. The predicted molar refractivity (Wildman–Crippen MR) is 107 cm³/mol. The van der Waals surface area contributed by atoms with E-state index in [1.165, 1.54) is 6.07 Å². The van der Waals surface area contributed by atoms with Gasteiger partial charge in [-0.05, 0) is 50.8 Å². The van der Waals surface area contributed by atoms with Crippen molar-refractivity contribution in [2.75, 3.05) is 12.0 Å². The Bertz CT molecular complexity index is 661. The summed E-state index contributed by atoms with van der Waals surface area (Å²) in [5.74, 6) is 0.523. The smallest absolute Gasteiger partial charge is 0.241 e. The minimum absolute atomic E-state index is 0. The third-order valence-electron chi connectivity index (χ3n) is 3.13. The monoisotopic (exact) mass is 409 g/mol. The molecule has 0 spiro atoms. The van der Waals surface area contributed by atoms with Gasteiger partial charge in [-0.1, -0.05) is 18.2 Å². The number of benzene rings is 1. The van der Waals surface area contributed by atoms with Crippen LogP contribution in [0.1, 0.15) is 32.8 Å². The van der Waals surface area contributed by atoms with Crippen LogP contribution in [0.2, 0.25) is 0 Å². The number of amides is 1. The highest BCUT2D eigenvalue weighted by atomic mass is 35.5. The Morgan fingerprint density at radius 1 is 1.28 bits per heavy atom. The normalized spacial score (nSPS) is 13.0. The second kappa shape index (κ2) is 10.4. The zero-order valence-corrected chi connectivity index (χ0v) is 17.5. The molecule has 1 rings (SSSR count). The molecular weight excluding hydrogens is 382 g/mol. The summed E-state index contributed by atoms with van der Waals surface area (Å²) in [7, 11) is -3.67. The van der Waals surface area contributed by atoms with Crippen LogP contribution in [-0.2, 0) is 21.4 Å².